The Bertz CT molecular complexity index is 298. The summed E-state index contributed by atoms with van der Waals surface area (Å²) in [6, 6.07) is 10.2. The lowest BCUT2D eigenvalue weighted by Crippen LogP contribution is -2.18. The molecule has 0 heterocycles. The molecule has 0 radical (unpaired) electrons. The van der Waals surface area contributed by atoms with Gasteiger partial charge in [0.2, 0.25) is 0 Å². The lowest BCUT2D eigenvalue weighted by molar-refractivity contribution is 0.316. The summed E-state index contributed by atoms with van der Waals surface area (Å²) in [5.41, 5.74) is 6.60. The molecule has 4 N–H and O–H groups in total. The molecule has 0 fully saturated rings. The Labute approximate surface area is 89.8 Å². The topological polar surface area (TPSA) is 70.6 Å². The number of rotatable bonds is 6. The van der Waals surface area contributed by atoms with Crippen molar-refractivity contribution in [3.63, 3.8) is 0 Å². The average molecular weight is 207 g/mol. The van der Waals surface area contributed by atoms with E-state index in [1.165, 1.54) is 5.56 Å². The summed E-state index contributed by atoms with van der Waals surface area (Å²) in [5.74, 6) is 0.288. The van der Waals surface area contributed by atoms with E-state index >= 15 is 0 Å². The zero-order chi connectivity index (χ0) is 10.9. The number of oxime groups is 1. The van der Waals surface area contributed by atoms with Crippen molar-refractivity contribution in [1.29, 1.82) is 0 Å². The molecule has 0 spiro atoms. The molecule has 4 heteroatoms. The van der Waals surface area contributed by atoms with Crippen LogP contribution in [0.1, 0.15) is 18.4 Å². The summed E-state index contributed by atoms with van der Waals surface area (Å²) >= 11 is 0. The maximum absolute atomic E-state index is 8.31. The van der Waals surface area contributed by atoms with Gasteiger partial charge in [-0.3, -0.25) is 0 Å². The number of benzene rings is 1. The van der Waals surface area contributed by atoms with E-state index in [0.29, 0.717) is 6.42 Å². The number of hydrogen-bond donors (Lipinski definition) is 3. The summed E-state index contributed by atoms with van der Waals surface area (Å²) in [7, 11) is 0. The van der Waals surface area contributed by atoms with Crippen LogP contribution in [0, 0.1) is 0 Å². The van der Waals surface area contributed by atoms with E-state index in [9.17, 15) is 0 Å². The smallest absolute Gasteiger partial charge is 0.139 e. The fraction of sp³-hybridized carbons (Fsp3) is 0.364. The maximum Gasteiger partial charge on any atom is 0.139 e. The number of hydrogen-bond acceptors (Lipinski definition) is 3. The molecular weight excluding hydrogens is 190 g/mol. The highest BCUT2D eigenvalue weighted by Crippen LogP contribution is 1.97. The molecule has 0 atom stereocenters. The van der Waals surface area contributed by atoms with Crippen LogP contribution in [0.25, 0.3) is 0 Å². The molecule has 0 unspecified atom stereocenters. The van der Waals surface area contributed by atoms with Gasteiger partial charge in [-0.1, -0.05) is 35.5 Å². The zero-order valence-electron chi connectivity index (χ0n) is 8.69. The second-order valence-electron chi connectivity index (χ2n) is 3.36. The summed E-state index contributed by atoms with van der Waals surface area (Å²) in [6.07, 6.45) is 1.50. The average Bonchev–Trinajstić information content (AvgIpc) is 2.29. The molecule has 0 aliphatic heterocycles. The fourth-order valence-electron chi connectivity index (χ4n) is 1.27. The molecule has 0 bridgehead atoms. The van der Waals surface area contributed by atoms with Gasteiger partial charge in [0, 0.05) is 13.0 Å². The minimum absolute atomic E-state index is 0.288. The van der Waals surface area contributed by atoms with Crippen molar-refractivity contribution >= 4 is 5.84 Å². The van der Waals surface area contributed by atoms with Crippen LogP contribution in [0.3, 0.4) is 0 Å². The molecule has 82 valence electrons. The van der Waals surface area contributed by atoms with Gasteiger partial charge in [0.25, 0.3) is 0 Å². The zero-order valence-corrected chi connectivity index (χ0v) is 8.69. The van der Waals surface area contributed by atoms with Gasteiger partial charge in [-0.05, 0) is 18.5 Å². The Morgan fingerprint density at radius 2 is 2.07 bits per heavy atom. The van der Waals surface area contributed by atoms with Crippen LogP contribution in [0.4, 0.5) is 0 Å². The molecule has 15 heavy (non-hydrogen) atoms. The predicted molar refractivity (Wildman–Crippen MR) is 60.8 cm³/mol. The van der Waals surface area contributed by atoms with Crippen molar-refractivity contribution in [2.45, 2.75) is 19.4 Å². The minimum atomic E-state index is 0.288. The van der Waals surface area contributed by atoms with Crippen molar-refractivity contribution in [2.75, 3.05) is 6.54 Å². The quantitative estimate of drug-likeness (QED) is 0.216. The molecule has 0 amide bonds. The van der Waals surface area contributed by atoms with Crippen molar-refractivity contribution in [3.8, 4) is 0 Å². The van der Waals surface area contributed by atoms with Crippen LogP contribution in [0.5, 0.6) is 0 Å². The monoisotopic (exact) mass is 207 g/mol. The van der Waals surface area contributed by atoms with E-state index in [2.05, 4.69) is 22.6 Å². The molecule has 0 aliphatic rings. The Hall–Kier alpha value is -1.55. The number of amidine groups is 1. The SMILES string of the molecule is NC(CCCNCc1ccccc1)=NO. The van der Waals surface area contributed by atoms with Gasteiger partial charge in [0.15, 0.2) is 0 Å². The summed E-state index contributed by atoms with van der Waals surface area (Å²) < 4.78 is 0. The van der Waals surface area contributed by atoms with Gasteiger partial charge in [-0.2, -0.15) is 0 Å². The van der Waals surface area contributed by atoms with Gasteiger partial charge in [0.05, 0.1) is 0 Å². The van der Waals surface area contributed by atoms with E-state index in [4.69, 9.17) is 10.9 Å². The summed E-state index contributed by atoms with van der Waals surface area (Å²) in [5, 5.41) is 14.5. The van der Waals surface area contributed by atoms with E-state index in [1.807, 2.05) is 18.2 Å². The van der Waals surface area contributed by atoms with Gasteiger partial charge in [0.1, 0.15) is 5.84 Å². The van der Waals surface area contributed by atoms with Gasteiger partial charge >= 0.3 is 0 Å². The van der Waals surface area contributed by atoms with E-state index in [0.717, 1.165) is 19.5 Å². The van der Waals surface area contributed by atoms with Gasteiger partial charge in [-0.15, -0.1) is 0 Å². The van der Waals surface area contributed by atoms with Crippen LogP contribution in [0.2, 0.25) is 0 Å². The number of nitrogens with two attached hydrogens (primary N) is 1. The van der Waals surface area contributed by atoms with E-state index < -0.39 is 0 Å². The maximum atomic E-state index is 8.31. The molecule has 0 aromatic heterocycles. The first-order chi connectivity index (χ1) is 7.33. The van der Waals surface area contributed by atoms with Crippen LogP contribution in [-0.2, 0) is 6.54 Å². The standard InChI is InChI=1S/C11H17N3O/c12-11(14-15)7-4-8-13-9-10-5-2-1-3-6-10/h1-3,5-6,13,15H,4,7-9H2,(H2,12,14). The van der Waals surface area contributed by atoms with E-state index in [1.54, 1.807) is 0 Å². The Morgan fingerprint density at radius 1 is 1.33 bits per heavy atom. The Morgan fingerprint density at radius 3 is 2.73 bits per heavy atom. The summed E-state index contributed by atoms with van der Waals surface area (Å²) in [6.45, 7) is 1.72. The first-order valence-corrected chi connectivity index (χ1v) is 5.04. The molecule has 0 saturated carbocycles. The first kappa shape index (κ1) is 11.5. The van der Waals surface area contributed by atoms with Crippen LogP contribution < -0.4 is 11.1 Å². The molecule has 0 saturated heterocycles. The fourth-order valence-corrected chi connectivity index (χ4v) is 1.27. The lowest BCUT2D eigenvalue weighted by atomic mass is 10.2. The lowest BCUT2D eigenvalue weighted by Gasteiger charge is -2.03. The van der Waals surface area contributed by atoms with Crippen molar-refractivity contribution in [3.05, 3.63) is 35.9 Å². The third kappa shape index (κ3) is 5.02. The molecule has 1 aromatic carbocycles. The van der Waals surface area contributed by atoms with Crippen molar-refractivity contribution < 1.29 is 5.21 Å². The van der Waals surface area contributed by atoms with Crippen LogP contribution in [0.15, 0.2) is 35.5 Å². The van der Waals surface area contributed by atoms with Crippen LogP contribution in [-0.4, -0.2) is 17.6 Å². The molecule has 1 rings (SSSR count). The number of nitrogens with zero attached hydrogens (tertiary/aromatic N) is 1. The highest BCUT2D eigenvalue weighted by Gasteiger charge is 1.94. The third-order valence-corrected chi connectivity index (χ3v) is 2.09. The molecular formula is C11H17N3O. The second kappa shape index (κ2) is 6.84. The summed E-state index contributed by atoms with van der Waals surface area (Å²) in [4.78, 5) is 0. The van der Waals surface area contributed by atoms with Gasteiger partial charge in [-0.25, -0.2) is 0 Å². The van der Waals surface area contributed by atoms with Crippen molar-refractivity contribution in [1.82, 2.24) is 5.32 Å². The Balaban J connectivity index is 2.08. The minimum Gasteiger partial charge on any atom is -0.409 e. The predicted octanol–water partition coefficient (Wildman–Crippen LogP) is 1.30. The molecule has 1 aromatic rings. The van der Waals surface area contributed by atoms with Gasteiger partial charge < -0.3 is 16.3 Å². The number of nitrogens with one attached hydrogen (secondary N) is 1. The highest BCUT2D eigenvalue weighted by atomic mass is 16.4. The first-order valence-electron chi connectivity index (χ1n) is 5.04. The largest absolute Gasteiger partial charge is 0.409 e. The molecule has 4 nitrogen and oxygen atoms in total. The third-order valence-electron chi connectivity index (χ3n) is 2.09. The molecule has 0 aliphatic carbocycles. The normalized spacial score (nSPS) is 11.6. The Kier molecular flexibility index (Phi) is 5.25. The van der Waals surface area contributed by atoms with E-state index in [-0.39, 0.29) is 5.84 Å². The van der Waals surface area contributed by atoms with Crippen molar-refractivity contribution in [2.24, 2.45) is 10.9 Å². The second-order valence-corrected chi connectivity index (χ2v) is 3.36. The highest BCUT2D eigenvalue weighted by molar-refractivity contribution is 5.79. The van der Waals surface area contributed by atoms with Crippen LogP contribution >= 0.6 is 0 Å².